The third-order valence-corrected chi connectivity index (χ3v) is 3.27. The van der Waals surface area contributed by atoms with E-state index in [0.717, 1.165) is 16.3 Å². The van der Waals surface area contributed by atoms with E-state index in [0.29, 0.717) is 22.8 Å². The van der Waals surface area contributed by atoms with E-state index in [2.05, 4.69) is 9.97 Å². The fraction of sp³-hybridized carbons (Fsp3) is 0.143. The van der Waals surface area contributed by atoms with E-state index in [-0.39, 0.29) is 5.97 Å². The van der Waals surface area contributed by atoms with Crippen LogP contribution in [0.5, 0.6) is 0 Å². The molecule has 1 aromatic carbocycles. The lowest BCUT2D eigenvalue weighted by atomic mass is 10.1. The molecule has 0 saturated carbocycles. The monoisotopic (exact) mass is 274 g/mol. The number of pyridine rings is 1. The molecule has 0 aliphatic carbocycles. The first kappa shape index (κ1) is 12.0. The second-order valence-electron chi connectivity index (χ2n) is 4.12. The van der Waals surface area contributed by atoms with Gasteiger partial charge in [0.2, 0.25) is 0 Å². The summed E-state index contributed by atoms with van der Waals surface area (Å²) in [6, 6.07) is 7.07. The molecule has 5 heteroatoms. The van der Waals surface area contributed by atoms with Gasteiger partial charge in [0.15, 0.2) is 0 Å². The highest BCUT2D eigenvalue weighted by Gasteiger charge is 2.12. The normalized spacial score (nSPS) is 11.1. The van der Waals surface area contributed by atoms with Gasteiger partial charge in [-0.05, 0) is 31.2 Å². The Kier molecular flexibility index (Phi) is 2.87. The number of ether oxygens (including phenoxy) is 1. The number of carbonyl (C=O) groups is 1. The van der Waals surface area contributed by atoms with Crippen LogP contribution >= 0.6 is 11.6 Å². The quantitative estimate of drug-likeness (QED) is 0.727. The molecule has 0 aliphatic rings. The smallest absolute Gasteiger partial charge is 0.338 e. The van der Waals surface area contributed by atoms with Crippen LogP contribution in [0, 0.1) is 0 Å². The van der Waals surface area contributed by atoms with Crippen LogP contribution in [0.3, 0.4) is 0 Å². The largest absolute Gasteiger partial charge is 0.462 e. The van der Waals surface area contributed by atoms with Gasteiger partial charge >= 0.3 is 5.97 Å². The first-order valence-electron chi connectivity index (χ1n) is 5.93. The summed E-state index contributed by atoms with van der Waals surface area (Å²) in [7, 11) is 0. The van der Waals surface area contributed by atoms with Crippen molar-refractivity contribution in [2.75, 3.05) is 6.61 Å². The first-order chi connectivity index (χ1) is 9.20. The Balaban J connectivity index is 2.26. The molecular weight excluding hydrogens is 264 g/mol. The lowest BCUT2D eigenvalue weighted by molar-refractivity contribution is 0.0526. The molecule has 0 amide bonds. The lowest BCUT2D eigenvalue weighted by Gasteiger charge is -2.01. The van der Waals surface area contributed by atoms with Crippen LogP contribution in [-0.4, -0.2) is 22.5 Å². The molecule has 2 aromatic heterocycles. The molecule has 4 nitrogen and oxygen atoms in total. The van der Waals surface area contributed by atoms with E-state index in [1.54, 1.807) is 31.3 Å². The molecule has 0 spiro atoms. The third-order valence-electron chi connectivity index (χ3n) is 2.95. The van der Waals surface area contributed by atoms with E-state index in [4.69, 9.17) is 16.3 Å². The van der Waals surface area contributed by atoms with Crippen molar-refractivity contribution in [3.05, 3.63) is 41.0 Å². The Hall–Kier alpha value is -2.07. The summed E-state index contributed by atoms with van der Waals surface area (Å²) in [6.07, 6.45) is 1.65. The maximum absolute atomic E-state index is 11.8. The Labute approximate surface area is 114 Å². The molecule has 0 unspecified atom stereocenters. The lowest BCUT2D eigenvalue weighted by Crippen LogP contribution is -2.03. The standard InChI is InChI=1S/C14H11ClN2O2/c1-2-19-14(18)8-3-4-11-9(7-8)12-10(15)5-6-16-13(12)17-11/h3-7H,2H2,1H3,(H,16,17). The Bertz CT molecular complexity index is 780. The van der Waals surface area contributed by atoms with Gasteiger partial charge in [-0.25, -0.2) is 9.78 Å². The number of nitrogens with one attached hydrogen (secondary N) is 1. The van der Waals surface area contributed by atoms with Crippen LogP contribution in [0.1, 0.15) is 17.3 Å². The number of hydrogen-bond donors (Lipinski definition) is 1. The average Bonchev–Trinajstić information content (AvgIpc) is 2.77. The molecule has 0 atom stereocenters. The zero-order valence-corrected chi connectivity index (χ0v) is 11.0. The molecule has 0 bridgehead atoms. The number of aromatic amines is 1. The van der Waals surface area contributed by atoms with Crippen LogP contribution < -0.4 is 0 Å². The molecular formula is C14H11ClN2O2. The summed E-state index contributed by atoms with van der Waals surface area (Å²) in [5.74, 6) is -0.334. The van der Waals surface area contributed by atoms with Crippen molar-refractivity contribution < 1.29 is 9.53 Å². The maximum atomic E-state index is 11.8. The minimum atomic E-state index is -0.334. The predicted octanol–water partition coefficient (Wildman–Crippen LogP) is 3.55. The van der Waals surface area contributed by atoms with Gasteiger partial charge in [-0.2, -0.15) is 0 Å². The van der Waals surface area contributed by atoms with Gasteiger partial charge in [0.25, 0.3) is 0 Å². The highest BCUT2D eigenvalue weighted by molar-refractivity contribution is 6.37. The summed E-state index contributed by atoms with van der Waals surface area (Å²) in [6.45, 7) is 2.13. The maximum Gasteiger partial charge on any atom is 0.338 e. The Morgan fingerprint density at radius 3 is 3.05 bits per heavy atom. The summed E-state index contributed by atoms with van der Waals surface area (Å²) < 4.78 is 5.00. The van der Waals surface area contributed by atoms with Crippen LogP contribution in [0.2, 0.25) is 5.02 Å². The number of H-pyrrole nitrogens is 1. The van der Waals surface area contributed by atoms with Crippen molar-refractivity contribution in [1.82, 2.24) is 9.97 Å². The second kappa shape index (κ2) is 4.55. The van der Waals surface area contributed by atoms with Gasteiger partial charge in [-0.3, -0.25) is 0 Å². The number of aromatic nitrogens is 2. The predicted molar refractivity (Wildman–Crippen MR) is 74.6 cm³/mol. The van der Waals surface area contributed by atoms with Crippen LogP contribution in [-0.2, 0) is 4.74 Å². The second-order valence-corrected chi connectivity index (χ2v) is 4.53. The third kappa shape index (κ3) is 1.94. The molecule has 96 valence electrons. The van der Waals surface area contributed by atoms with Crippen molar-refractivity contribution in [1.29, 1.82) is 0 Å². The van der Waals surface area contributed by atoms with Gasteiger partial charge in [-0.1, -0.05) is 11.6 Å². The summed E-state index contributed by atoms with van der Waals surface area (Å²) in [5.41, 5.74) is 2.11. The number of fused-ring (bicyclic) bond motifs is 3. The van der Waals surface area contributed by atoms with Crippen molar-refractivity contribution in [3.63, 3.8) is 0 Å². The summed E-state index contributed by atoms with van der Waals surface area (Å²) in [4.78, 5) is 19.2. The zero-order chi connectivity index (χ0) is 13.4. The van der Waals surface area contributed by atoms with Crippen molar-refractivity contribution >= 4 is 39.5 Å². The molecule has 0 fully saturated rings. The summed E-state index contributed by atoms with van der Waals surface area (Å²) in [5, 5.41) is 2.31. The molecule has 0 saturated heterocycles. The van der Waals surface area contributed by atoms with E-state index < -0.39 is 0 Å². The van der Waals surface area contributed by atoms with Gasteiger partial charge < -0.3 is 9.72 Å². The number of nitrogens with zero attached hydrogens (tertiary/aromatic N) is 1. The van der Waals surface area contributed by atoms with E-state index in [1.165, 1.54) is 0 Å². The SMILES string of the molecule is CCOC(=O)c1ccc2[nH]c3nccc(Cl)c3c2c1. The van der Waals surface area contributed by atoms with Gasteiger partial charge in [0.1, 0.15) is 5.65 Å². The van der Waals surface area contributed by atoms with Crippen LogP contribution in [0.25, 0.3) is 21.9 Å². The fourth-order valence-corrected chi connectivity index (χ4v) is 2.37. The van der Waals surface area contributed by atoms with E-state index in [1.807, 2.05) is 6.07 Å². The molecule has 0 radical (unpaired) electrons. The number of hydrogen-bond acceptors (Lipinski definition) is 3. The molecule has 3 rings (SSSR count). The number of benzene rings is 1. The van der Waals surface area contributed by atoms with E-state index >= 15 is 0 Å². The molecule has 2 heterocycles. The van der Waals surface area contributed by atoms with Gasteiger partial charge in [0.05, 0.1) is 17.2 Å². The van der Waals surface area contributed by atoms with Crippen molar-refractivity contribution in [2.45, 2.75) is 6.92 Å². The van der Waals surface area contributed by atoms with E-state index in [9.17, 15) is 4.79 Å². The molecule has 19 heavy (non-hydrogen) atoms. The minimum absolute atomic E-state index is 0.334. The van der Waals surface area contributed by atoms with Gasteiger partial charge in [-0.15, -0.1) is 0 Å². The number of halogens is 1. The molecule has 0 aliphatic heterocycles. The molecule has 3 aromatic rings. The Morgan fingerprint density at radius 2 is 2.26 bits per heavy atom. The van der Waals surface area contributed by atoms with Gasteiger partial charge in [0, 0.05) is 22.5 Å². The fourth-order valence-electron chi connectivity index (χ4n) is 2.12. The minimum Gasteiger partial charge on any atom is -0.462 e. The Morgan fingerprint density at radius 1 is 1.42 bits per heavy atom. The highest BCUT2D eigenvalue weighted by atomic mass is 35.5. The van der Waals surface area contributed by atoms with Crippen molar-refractivity contribution in [2.24, 2.45) is 0 Å². The number of esters is 1. The topological polar surface area (TPSA) is 55.0 Å². The van der Waals surface area contributed by atoms with Crippen molar-refractivity contribution in [3.8, 4) is 0 Å². The number of rotatable bonds is 2. The zero-order valence-electron chi connectivity index (χ0n) is 10.2. The first-order valence-corrected chi connectivity index (χ1v) is 6.31. The average molecular weight is 275 g/mol. The van der Waals surface area contributed by atoms with Crippen LogP contribution in [0.15, 0.2) is 30.5 Å². The highest BCUT2D eigenvalue weighted by Crippen LogP contribution is 2.30. The molecule has 1 N–H and O–H groups in total. The van der Waals surface area contributed by atoms with Crippen LogP contribution in [0.4, 0.5) is 0 Å². The number of carbonyl (C=O) groups excluding carboxylic acids is 1. The summed E-state index contributed by atoms with van der Waals surface area (Å²) >= 11 is 6.19.